The second kappa shape index (κ2) is 14.5. The number of hydrogen-bond acceptors (Lipinski definition) is 4. The maximum Gasteiger partial charge on any atom is 0.238 e. The molecule has 10 aromatic carbocycles. The molecule has 3 aromatic heterocycles. The molecular weight excluding hydrogens is 773 g/mol. The van der Waals surface area contributed by atoms with Crippen molar-refractivity contribution < 1.29 is 0 Å². The summed E-state index contributed by atoms with van der Waals surface area (Å²) in [4.78, 5) is 16.2. The van der Waals surface area contributed by atoms with Gasteiger partial charge in [-0.25, -0.2) is 4.98 Å². The van der Waals surface area contributed by atoms with Crippen LogP contribution in [0.1, 0.15) is 13.8 Å². The van der Waals surface area contributed by atoms with E-state index in [-0.39, 0.29) is 0 Å². The molecule has 5 heteroatoms. The van der Waals surface area contributed by atoms with E-state index in [4.69, 9.17) is 15.0 Å². The van der Waals surface area contributed by atoms with Gasteiger partial charge in [0.15, 0.2) is 11.6 Å². The van der Waals surface area contributed by atoms with E-state index in [9.17, 15) is 0 Å². The molecule has 0 amide bonds. The minimum absolute atomic E-state index is 0.578. The van der Waals surface area contributed by atoms with Crippen LogP contribution in [0.25, 0.3) is 125 Å². The van der Waals surface area contributed by atoms with Gasteiger partial charge >= 0.3 is 0 Å². The number of nitrogens with zero attached hydrogens (tertiary/aromatic N) is 4. The van der Waals surface area contributed by atoms with Gasteiger partial charge in [-0.3, -0.25) is 4.57 Å². The third-order valence-corrected chi connectivity index (χ3v) is 13.4. The van der Waals surface area contributed by atoms with Crippen LogP contribution in [0.15, 0.2) is 194 Å². The summed E-state index contributed by atoms with van der Waals surface area (Å²) >= 11 is 1.87. The molecule has 3 heterocycles. The molecule has 0 radical (unpaired) electrons. The zero-order chi connectivity index (χ0) is 41.3. The van der Waals surface area contributed by atoms with Gasteiger partial charge in [0.2, 0.25) is 5.95 Å². The average Bonchev–Trinajstić information content (AvgIpc) is 3.91. The molecule has 0 spiro atoms. The summed E-state index contributed by atoms with van der Waals surface area (Å²) in [5, 5.41) is 14.3. The summed E-state index contributed by atoms with van der Waals surface area (Å²) in [6.07, 6.45) is 0. The molecular formula is C57H38N4S. The van der Waals surface area contributed by atoms with Gasteiger partial charge in [0.1, 0.15) is 0 Å². The lowest BCUT2D eigenvalue weighted by molar-refractivity contribution is 0.956. The van der Waals surface area contributed by atoms with E-state index in [0.717, 1.165) is 60.0 Å². The Kier molecular flexibility index (Phi) is 8.44. The number of rotatable bonds is 4. The minimum Gasteiger partial charge on any atom is -0.277 e. The topological polar surface area (TPSA) is 43.6 Å². The Morgan fingerprint density at radius 3 is 1.55 bits per heavy atom. The summed E-state index contributed by atoms with van der Waals surface area (Å²) in [5.41, 5.74) is 6.34. The van der Waals surface area contributed by atoms with E-state index in [1.165, 1.54) is 47.3 Å². The Morgan fingerprint density at radius 1 is 0.371 bits per heavy atom. The predicted octanol–water partition coefficient (Wildman–Crippen LogP) is 16.0. The Balaban J connectivity index is 0.00000202. The van der Waals surface area contributed by atoms with Crippen LogP contribution in [0.5, 0.6) is 0 Å². The highest BCUT2D eigenvalue weighted by Gasteiger charge is 2.24. The molecule has 62 heavy (non-hydrogen) atoms. The number of benzene rings is 10. The zero-order valence-corrected chi connectivity index (χ0v) is 35.0. The van der Waals surface area contributed by atoms with Crippen LogP contribution >= 0.6 is 11.3 Å². The van der Waals surface area contributed by atoms with Crippen molar-refractivity contribution in [2.45, 2.75) is 13.8 Å². The van der Waals surface area contributed by atoms with Gasteiger partial charge < -0.3 is 0 Å². The summed E-state index contributed by atoms with van der Waals surface area (Å²) in [7, 11) is 0. The predicted molar refractivity (Wildman–Crippen MR) is 265 cm³/mol. The minimum atomic E-state index is 0.578. The lowest BCUT2D eigenvalue weighted by Gasteiger charge is -2.14. The standard InChI is InChI=1S/C55H32N4S.C2H6/c1-3-15-37-31-39(25-23-33(37)11-1)53-56-54(40-26-24-34-12-2-4-16-38(34)32-40)58-55(57-53)59-50-42-18-8-6-14-36(42)27-29-45(50)43-19-9-20-44(51(43)59)46-21-10-22-47-49-41-17-7-5-13-35(41)28-30-48(49)60-52(46)47;1-2/h1-32H;1-2H3. The number of thiophene rings is 1. The Labute approximate surface area is 362 Å². The summed E-state index contributed by atoms with van der Waals surface area (Å²) < 4.78 is 4.87. The highest BCUT2D eigenvalue weighted by Crippen LogP contribution is 2.46. The lowest BCUT2D eigenvalue weighted by Crippen LogP contribution is -2.07. The Bertz CT molecular complexity index is 3820. The quantitative estimate of drug-likeness (QED) is 0.178. The number of fused-ring (bicyclic) bond motifs is 12. The third kappa shape index (κ3) is 5.63. The molecule has 0 aliphatic heterocycles. The van der Waals surface area contributed by atoms with Crippen molar-refractivity contribution in [3.05, 3.63) is 194 Å². The van der Waals surface area contributed by atoms with Gasteiger partial charge in [-0.05, 0) is 55.9 Å². The first-order valence-electron chi connectivity index (χ1n) is 21.3. The second-order valence-electron chi connectivity index (χ2n) is 15.6. The molecule has 13 rings (SSSR count). The molecule has 0 saturated heterocycles. The fourth-order valence-electron chi connectivity index (χ4n) is 9.40. The zero-order valence-electron chi connectivity index (χ0n) is 34.2. The van der Waals surface area contributed by atoms with E-state index in [1.54, 1.807) is 0 Å². The lowest BCUT2D eigenvalue weighted by atomic mass is 9.98. The van der Waals surface area contributed by atoms with Gasteiger partial charge in [0, 0.05) is 58.6 Å². The first kappa shape index (κ1) is 36.1. The highest BCUT2D eigenvalue weighted by molar-refractivity contribution is 7.26. The van der Waals surface area contributed by atoms with Crippen molar-refractivity contribution in [2.24, 2.45) is 0 Å². The van der Waals surface area contributed by atoms with Crippen molar-refractivity contribution >= 4 is 96.4 Å². The van der Waals surface area contributed by atoms with Crippen molar-refractivity contribution in [3.63, 3.8) is 0 Å². The summed E-state index contributed by atoms with van der Waals surface area (Å²) in [5.74, 6) is 1.83. The van der Waals surface area contributed by atoms with Gasteiger partial charge in [-0.2, -0.15) is 9.97 Å². The average molecular weight is 811 g/mol. The molecule has 0 aliphatic rings. The fraction of sp³-hybridized carbons (Fsp3) is 0.0351. The van der Waals surface area contributed by atoms with Crippen molar-refractivity contribution in [1.82, 2.24) is 19.5 Å². The molecule has 13 aromatic rings. The maximum absolute atomic E-state index is 5.46. The fourth-order valence-corrected chi connectivity index (χ4v) is 10.7. The summed E-state index contributed by atoms with van der Waals surface area (Å²) in [6.45, 7) is 4.00. The molecule has 4 nitrogen and oxygen atoms in total. The SMILES string of the molecule is CC.c1ccc2cc(-c3nc(-c4ccc5ccccc5c4)nc(-n4c5c(-c6cccc7c6sc6ccc8ccccc8c67)cccc5c5ccc6ccccc6c54)n3)ccc2c1. The van der Waals surface area contributed by atoms with Gasteiger partial charge in [0.05, 0.1) is 11.0 Å². The van der Waals surface area contributed by atoms with Crippen LogP contribution in [0.2, 0.25) is 0 Å². The van der Waals surface area contributed by atoms with Crippen molar-refractivity contribution in [3.8, 4) is 39.9 Å². The smallest absolute Gasteiger partial charge is 0.238 e. The van der Waals surface area contributed by atoms with E-state index in [0.29, 0.717) is 17.6 Å². The first-order valence-corrected chi connectivity index (χ1v) is 22.1. The third-order valence-electron chi connectivity index (χ3n) is 12.2. The van der Waals surface area contributed by atoms with Gasteiger partial charge in [0.25, 0.3) is 0 Å². The monoisotopic (exact) mass is 810 g/mol. The van der Waals surface area contributed by atoms with Crippen LogP contribution in [0.4, 0.5) is 0 Å². The van der Waals surface area contributed by atoms with E-state index < -0.39 is 0 Å². The van der Waals surface area contributed by atoms with Crippen molar-refractivity contribution in [2.75, 3.05) is 0 Å². The van der Waals surface area contributed by atoms with E-state index >= 15 is 0 Å². The molecule has 0 bridgehead atoms. The summed E-state index contributed by atoms with van der Waals surface area (Å²) in [6, 6.07) is 69.7. The molecule has 0 fully saturated rings. The molecule has 0 saturated carbocycles. The van der Waals surface area contributed by atoms with Gasteiger partial charge in [-0.1, -0.05) is 190 Å². The molecule has 0 aliphatic carbocycles. The molecule has 0 N–H and O–H groups in total. The first-order chi connectivity index (χ1) is 30.7. The molecule has 0 atom stereocenters. The second-order valence-corrected chi connectivity index (χ2v) is 16.6. The molecule has 292 valence electrons. The van der Waals surface area contributed by atoms with Crippen LogP contribution < -0.4 is 0 Å². The number of para-hydroxylation sites is 1. The number of hydrogen-bond donors (Lipinski definition) is 0. The Morgan fingerprint density at radius 2 is 0.871 bits per heavy atom. The van der Waals surface area contributed by atoms with E-state index in [1.807, 2.05) is 25.2 Å². The van der Waals surface area contributed by atoms with E-state index in [2.05, 4.69) is 199 Å². The number of aromatic nitrogens is 4. The van der Waals surface area contributed by atoms with Crippen LogP contribution in [-0.2, 0) is 0 Å². The normalized spacial score (nSPS) is 11.7. The largest absolute Gasteiger partial charge is 0.277 e. The highest BCUT2D eigenvalue weighted by atomic mass is 32.1. The maximum atomic E-state index is 5.46. The van der Waals surface area contributed by atoms with Crippen LogP contribution in [0.3, 0.4) is 0 Å². The Hall–Kier alpha value is -7.73. The van der Waals surface area contributed by atoms with Crippen molar-refractivity contribution in [1.29, 1.82) is 0 Å². The van der Waals surface area contributed by atoms with Crippen LogP contribution in [0, 0.1) is 0 Å². The van der Waals surface area contributed by atoms with Crippen LogP contribution in [-0.4, -0.2) is 19.5 Å². The van der Waals surface area contributed by atoms with Gasteiger partial charge in [-0.15, -0.1) is 11.3 Å². The molecule has 0 unspecified atom stereocenters.